The molecule has 0 amide bonds. The van der Waals surface area contributed by atoms with E-state index < -0.39 is 5.97 Å². The second kappa shape index (κ2) is 4.70. The van der Waals surface area contributed by atoms with Gasteiger partial charge >= 0.3 is 5.97 Å². The first-order chi connectivity index (χ1) is 9.70. The molecule has 3 aromatic rings. The highest BCUT2D eigenvalue weighted by Crippen LogP contribution is 2.32. The number of carbonyl (C=O) groups is 1. The maximum Gasteiger partial charge on any atom is 0.354 e. The van der Waals surface area contributed by atoms with Crippen molar-refractivity contribution < 1.29 is 9.53 Å². The van der Waals surface area contributed by atoms with Crippen molar-refractivity contribution >= 4 is 22.7 Å². The average molecular weight is 267 g/mol. The van der Waals surface area contributed by atoms with Crippen LogP contribution >= 0.6 is 0 Å². The molecule has 3 N–H and O–H groups in total. The Morgan fingerprint density at radius 1 is 1.25 bits per heavy atom. The monoisotopic (exact) mass is 267 g/mol. The summed E-state index contributed by atoms with van der Waals surface area (Å²) in [6.45, 7) is 0. The van der Waals surface area contributed by atoms with Crippen LogP contribution in [0.15, 0.2) is 42.6 Å². The van der Waals surface area contributed by atoms with E-state index in [0.29, 0.717) is 11.5 Å². The number of benzene rings is 1. The number of aromatic nitrogens is 2. The topological polar surface area (TPSA) is 81.0 Å². The van der Waals surface area contributed by atoms with Crippen LogP contribution in [0.5, 0.6) is 0 Å². The summed E-state index contributed by atoms with van der Waals surface area (Å²) in [5.74, 6) is -0.0111. The van der Waals surface area contributed by atoms with E-state index in [1.165, 1.54) is 7.11 Å². The van der Waals surface area contributed by atoms with Crippen molar-refractivity contribution in [2.75, 3.05) is 12.8 Å². The zero-order valence-corrected chi connectivity index (χ0v) is 10.9. The molecule has 0 aliphatic heterocycles. The number of hydrogen-bond donors (Lipinski definition) is 2. The molecular weight excluding hydrogens is 254 g/mol. The van der Waals surface area contributed by atoms with E-state index in [0.717, 1.165) is 22.0 Å². The van der Waals surface area contributed by atoms with E-state index in [9.17, 15) is 4.79 Å². The Kier molecular flexibility index (Phi) is 2.87. The summed E-state index contributed by atoms with van der Waals surface area (Å²) in [5, 5.41) is 0.983. The molecule has 0 aliphatic rings. The minimum absolute atomic E-state index is 0.334. The number of nitrogens with one attached hydrogen (secondary N) is 1. The van der Waals surface area contributed by atoms with Gasteiger partial charge in [0.1, 0.15) is 11.5 Å². The number of nitrogen functional groups attached to an aromatic ring is 1. The maximum absolute atomic E-state index is 11.6. The summed E-state index contributed by atoms with van der Waals surface area (Å²) in [6, 6.07) is 11.4. The molecule has 5 nitrogen and oxygen atoms in total. The van der Waals surface area contributed by atoms with Crippen LogP contribution in [0.25, 0.3) is 22.0 Å². The van der Waals surface area contributed by atoms with Gasteiger partial charge in [-0.15, -0.1) is 0 Å². The molecule has 3 rings (SSSR count). The lowest BCUT2D eigenvalue weighted by molar-refractivity contribution is 0.0595. The van der Waals surface area contributed by atoms with E-state index in [1.807, 2.05) is 30.3 Å². The van der Waals surface area contributed by atoms with Gasteiger partial charge < -0.3 is 15.5 Å². The fourth-order valence-corrected chi connectivity index (χ4v) is 2.24. The molecule has 100 valence electrons. The number of H-pyrrole nitrogens is 1. The Hall–Kier alpha value is -2.82. The number of methoxy groups -OCH3 is 1. The molecule has 0 saturated carbocycles. The highest BCUT2D eigenvalue weighted by atomic mass is 16.5. The summed E-state index contributed by atoms with van der Waals surface area (Å²) in [5.41, 5.74) is 8.88. The lowest BCUT2D eigenvalue weighted by atomic mass is 10.0. The number of nitrogens with zero attached hydrogens (tertiary/aromatic N) is 1. The van der Waals surface area contributed by atoms with Crippen LogP contribution in [0.1, 0.15) is 10.5 Å². The molecule has 2 heterocycles. The third-order valence-electron chi connectivity index (χ3n) is 3.19. The van der Waals surface area contributed by atoms with Crippen LogP contribution in [0.2, 0.25) is 0 Å². The number of rotatable bonds is 2. The molecule has 5 heteroatoms. The number of esters is 1. The number of nitrogens with two attached hydrogens (primary N) is 1. The van der Waals surface area contributed by atoms with Gasteiger partial charge in [-0.2, -0.15) is 0 Å². The second-order valence-corrected chi connectivity index (χ2v) is 4.38. The maximum atomic E-state index is 11.6. The van der Waals surface area contributed by atoms with Crippen molar-refractivity contribution in [1.82, 2.24) is 9.97 Å². The van der Waals surface area contributed by atoms with E-state index >= 15 is 0 Å². The Morgan fingerprint density at radius 3 is 2.85 bits per heavy atom. The first-order valence-electron chi connectivity index (χ1n) is 6.11. The molecule has 0 bridgehead atoms. The summed E-state index contributed by atoms with van der Waals surface area (Å²) < 4.78 is 4.69. The molecular formula is C15H13N3O2. The quantitative estimate of drug-likeness (QED) is 0.699. The molecule has 20 heavy (non-hydrogen) atoms. The highest BCUT2D eigenvalue weighted by Gasteiger charge is 2.15. The van der Waals surface area contributed by atoms with Gasteiger partial charge in [0.05, 0.1) is 12.6 Å². The van der Waals surface area contributed by atoms with Gasteiger partial charge in [0.25, 0.3) is 0 Å². The number of ether oxygens (including phenoxy) is 1. The van der Waals surface area contributed by atoms with Crippen molar-refractivity contribution in [3.05, 3.63) is 48.3 Å². The number of aromatic amines is 1. The minimum atomic E-state index is -0.443. The van der Waals surface area contributed by atoms with Crippen LogP contribution in [-0.4, -0.2) is 23.0 Å². The molecule has 0 saturated heterocycles. The van der Waals surface area contributed by atoms with Crippen LogP contribution in [0.3, 0.4) is 0 Å². The number of anilines is 1. The fourth-order valence-electron chi connectivity index (χ4n) is 2.24. The van der Waals surface area contributed by atoms with Crippen LogP contribution in [0, 0.1) is 0 Å². The van der Waals surface area contributed by atoms with Gasteiger partial charge in [0.15, 0.2) is 0 Å². The third-order valence-corrected chi connectivity index (χ3v) is 3.19. The number of para-hydroxylation sites is 1. The van der Waals surface area contributed by atoms with Gasteiger partial charge in [0, 0.05) is 17.1 Å². The van der Waals surface area contributed by atoms with E-state index in [-0.39, 0.29) is 0 Å². The molecule has 0 aliphatic carbocycles. The van der Waals surface area contributed by atoms with Crippen LogP contribution in [0.4, 0.5) is 5.82 Å². The smallest absolute Gasteiger partial charge is 0.354 e. The van der Waals surface area contributed by atoms with Crippen molar-refractivity contribution in [2.24, 2.45) is 0 Å². The zero-order chi connectivity index (χ0) is 14.1. The molecule has 1 aromatic carbocycles. The molecule has 0 spiro atoms. The molecule has 0 radical (unpaired) electrons. The molecule has 2 aromatic heterocycles. The largest absolute Gasteiger partial charge is 0.464 e. The number of hydrogen-bond acceptors (Lipinski definition) is 4. The first-order valence-corrected chi connectivity index (χ1v) is 6.11. The number of pyridine rings is 1. The summed E-state index contributed by atoms with van der Waals surface area (Å²) >= 11 is 0. The van der Waals surface area contributed by atoms with Crippen molar-refractivity contribution in [3.63, 3.8) is 0 Å². The van der Waals surface area contributed by atoms with Gasteiger partial charge in [-0.3, -0.25) is 4.98 Å². The molecule has 0 fully saturated rings. The van der Waals surface area contributed by atoms with Gasteiger partial charge in [-0.25, -0.2) is 4.79 Å². The van der Waals surface area contributed by atoms with Crippen LogP contribution < -0.4 is 5.73 Å². The third kappa shape index (κ3) is 1.89. The van der Waals surface area contributed by atoms with Crippen molar-refractivity contribution in [1.29, 1.82) is 0 Å². The predicted octanol–water partition coefficient (Wildman–Crippen LogP) is 2.60. The lowest BCUT2D eigenvalue weighted by Crippen LogP contribution is -2.01. The van der Waals surface area contributed by atoms with Gasteiger partial charge in [-0.1, -0.05) is 18.2 Å². The minimum Gasteiger partial charge on any atom is -0.464 e. The molecule has 0 atom stereocenters. The second-order valence-electron chi connectivity index (χ2n) is 4.38. The summed E-state index contributed by atoms with van der Waals surface area (Å²) in [7, 11) is 1.33. The summed E-state index contributed by atoms with van der Waals surface area (Å²) in [6.07, 6.45) is 1.72. The predicted molar refractivity (Wildman–Crippen MR) is 77.3 cm³/mol. The fraction of sp³-hybridized carbons (Fsp3) is 0.0667. The number of carbonyl (C=O) groups excluding carboxylic acids is 1. The number of fused-ring (bicyclic) bond motifs is 1. The average Bonchev–Trinajstić information content (AvgIpc) is 2.87. The Labute approximate surface area is 115 Å². The Bertz CT molecular complexity index is 787. The highest BCUT2D eigenvalue weighted by molar-refractivity contribution is 5.99. The summed E-state index contributed by atoms with van der Waals surface area (Å²) in [4.78, 5) is 18.7. The molecule has 0 unspecified atom stereocenters. The van der Waals surface area contributed by atoms with E-state index in [1.54, 1.807) is 12.3 Å². The first kappa shape index (κ1) is 12.2. The SMILES string of the molecule is COC(=O)c1cc(-c2ccnc3ccccc23)c(N)[nH]1. The van der Waals surface area contributed by atoms with Gasteiger partial charge in [-0.05, 0) is 23.8 Å². The van der Waals surface area contributed by atoms with Crippen LogP contribution in [-0.2, 0) is 4.74 Å². The van der Waals surface area contributed by atoms with E-state index in [2.05, 4.69) is 14.7 Å². The van der Waals surface area contributed by atoms with Crippen molar-refractivity contribution in [3.8, 4) is 11.1 Å². The lowest BCUT2D eigenvalue weighted by Gasteiger charge is -2.04. The Balaban J connectivity index is 2.21. The Morgan fingerprint density at radius 2 is 2.05 bits per heavy atom. The van der Waals surface area contributed by atoms with E-state index in [4.69, 9.17) is 5.73 Å². The zero-order valence-electron chi connectivity index (χ0n) is 10.9. The standard InChI is InChI=1S/C15H13N3O2/c1-20-15(19)13-8-11(14(16)18-13)9-6-7-17-12-5-3-2-4-10(9)12/h2-8,18H,16H2,1H3. The van der Waals surface area contributed by atoms with Gasteiger partial charge in [0.2, 0.25) is 0 Å². The van der Waals surface area contributed by atoms with Crippen molar-refractivity contribution in [2.45, 2.75) is 0 Å². The normalized spacial score (nSPS) is 10.7.